The molecule has 0 aromatic heterocycles. The molecule has 2 aromatic rings. The number of nitrogens with zero attached hydrogens (tertiary/aromatic N) is 2. The standard InChI is InChI=1S/C23H32N4O3.HI/c1-18(2)30-21-8-6-20(7-9-21)26-23(24)25-17-19-4-3-5-22(16-19)29-15-12-27-10-13-28-14-11-27;/h3-9,16,18H,10-15,17H2,1-2H3,(H3,24,25,26);1H. The van der Waals surface area contributed by atoms with Crippen molar-refractivity contribution >= 4 is 35.6 Å². The molecule has 1 aliphatic rings. The maximum atomic E-state index is 6.03. The van der Waals surface area contributed by atoms with Crippen LogP contribution in [0.4, 0.5) is 5.69 Å². The molecule has 0 bridgehead atoms. The van der Waals surface area contributed by atoms with Gasteiger partial charge in [0, 0.05) is 25.3 Å². The van der Waals surface area contributed by atoms with Crippen LogP contribution in [-0.4, -0.2) is 56.4 Å². The van der Waals surface area contributed by atoms with Crippen LogP contribution in [0.2, 0.25) is 0 Å². The minimum atomic E-state index is 0. The molecule has 0 aliphatic carbocycles. The van der Waals surface area contributed by atoms with Gasteiger partial charge in [0.25, 0.3) is 0 Å². The number of guanidine groups is 1. The summed E-state index contributed by atoms with van der Waals surface area (Å²) in [6.45, 7) is 9.60. The molecule has 0 radical (unpaired) electrons. The SMILES string of the molecule is CC(C)Oc1ccc(NC(N)=NCc2cccc(OCCN3CCOCC3)c2)cc1.I. The molecule has 3 N–H and O–H groups in total. The number of hydrogen-bond acceptors (Lipinski definition) is 5. The molecule has 1 saturated heterocycles. The van der Waals surface area contributed by atoms with E-state index in [9.17, 15) is 0 Å². The third-order valence-corrected chi connectivity index (χ3v) is 4.61. The first-order valence-corrected chi connectivity index (χ1v) is 10.4. The molecule has 7 nitrogen and oxygen atoms in total. The van der Waals surface area contributed by atoms with Gasteiger partial charge < -0.3 is 25.3 Å². The fourth-order valence-corrected chi connectivity index (χ4v) is 3.10. The molecule has 8 heteroatoms. The van der Waals surface area contributed by atoms with Gasteiger partial charge in [-0.3, -0.25) is 4.90 Å². The average Bonchev–Trinajstić information content (AvgIpc) is 2.74. The Morgan fingerprint density at radius 2 is 1.87 bits per heavy atom. The van der Waals surface area contributed by atoms with E-state index in [-0.39, 0.29) is 30.1 Å². The van der Waals surface area contributed by atoms with Crippen LogP contribution in [0.15, 0.2) is 53.5 Å². The van der Waals surface area contributed by atoms with Gasteiger partial charge in [0.1, 0.15) is 18.1 Å². The predicted octanol–water partition coefficient (Wildman–Crippen LogP) is 3.73. The number of aliphatic imine (C=N–C) groups is 1. The van der Waals surface area contributed by atoms with Crippen molar-refractivity contribution in [3.05, 3.63) is 54.1 Å². The van der Waals surface area contributed by atoms with Crippen molar-refractivity contribution in [2.75, 3.05) is 44.8 Å². The lowest BCUT2D eigenvalue weighted by Gasteiger charge is -2.26. The van der Waals surface area contributed by atoms with Crippen molar-refractivity contribution in [1.82, 2.24) is 4.90 Å². The fraction of sp³-hybridized carbons (Fsp3) is 0.435. The highest BCUT2D eigenvalue weighted by molar-refractivity contribution is 14.0. The first-order valence-electron chi connectivity index (χ1n) is 10.4. The third kappa shape index (κ3) is 9.32. The minimum Gasteiger partial charge on any atom is -0.492 e. The first-order chi connectivity index (χ1) is 14.6. The van der Waals surface area contributed by atoms with Crippen LogP contribution in [-0.2, 0) is 11.3 Å². The number of morpholine rings is 1. The van der Waals surface area contributed by atoms with Crippen molar-refractivity contribution in [3.63, 3.8) is 0 Å². The number of benzene rings is 2. The van der Waals surface area contributed by atoms with E-state index < -0.39 is 0 Å². The number of nitrogens with two attached hydrogens (primary N) is 1. The van der Waals surface area contributed by atoms with Gasteiger partial charge in [-0.1, -0.05) is 12.1 Å². The van der Waals surface area contributed by atoms with Crippen LogP contribution < -0.4 is 20.5 Å². The summed E-state index contributed by atoms with van der Waals surface area (Å²) in [6, 6.07) is 15.6. The first kappa shape index (κ1) is 25.2. The maximum Gasteiger partial charge on any atom is 0.193 e. The van der Waals surface area contributed by atoms with Crippen LogP contribution in [0.1, 0.15) is 19.4 Å². The van der Waals surface area contributed by atoms with Crippen LogP contribution >= 0.6 is 24.0 Å². The van der Waals surface area contributed by atoms with E-state index in [0.717, 1.165) is 55.6 Å². The Bertz CT molecular complexity index is 809. The van der Waals surface area contributed by atoms with E-state index in [0.29, 0.717) is 19.1 Å². The number of ether oxygens (including phenoxy) is 3. The monoisotopic (exact) mass is 540 g/mol. The molecule has 3 rings (SSSR count). The zero-order valence-corrected chi connectivity index (χ0v) is 20.6. The van der Waals surface area contributed by atoms with E-state index >= 15 is 0 Å². The molecular weight excluding hydrogens is 507 g/mol. The van der Waals surface area contributed by atoms with Crippen LogP contribution in [0.5, 0.6) is 11.5 Å². The van der Waals surface area contributed by atoms with Gasteiger partial charge in [0.15, 0.2) is 5.96 Å². The van der Waals surface area contributed by atoms with Crippen molar-refractivity contribution < 1.29 is 14.2 Å². The molecule has 0 atom stereocenters. The maximum absolute atomic E-state index is 6.03. The Balaban J connectivity index is 0.00000341. The Morgan fingerprint density at radius 3 is 2.58 bits per heavy atom. The Labute approximate surface area is 202 Å². The molecule has 1 fully saturated rings. The van der Waals surface area contributed by atoms with Gasteiger partial charge >= 0.3 is 0 Å². The van der Waals surface area contributed by atoms with Gasteiger partial charge in [-0.25, -0.2) is 4.99 Å². The zero-order valence-electron chi connectivity index (χ0n) is 18.3. The van der Waals surface area contributed by atoms with Gasteiger partial charge in [0.2, 0.25) is 0 Å². The number of rotatable bonds is 9. The molecule has 0 unspecified atom stereocenters. The number of hydrogen-bond donors (Lipinski definition) is 2. The van der Waals surface area contributed by atoms with Crippen LogP contribution in [0.25, 0.3) is 0 Å². The summed E-state index contributed by atoms with van der Waals surface area (Å²) >= 11 is 0. The van der Waals surface area contributed by atoms with Gasteiger partial charge in [-0.05, 0) is 55.8 Å². The molecule has 0 spiro atoms. The minimum absolute atomic E-state index is 0. The molecule has 0 amide bonds. The van der Waals surface area contributed by atoms with E-state index in [2.05, 4.69) is 15.2 Å². The van der Waals surface area contributed by atoms with Crippen molar-refractivity contribution in [2.45, 2.75) is 26.5 Å². The van der Waals surface area contributed by atoms with Gasteiger partial charge in [-0.2, -0.15) is 0 Å². The normalized spacial score (nSPS) is 14.7. The summed E-state index contributed by atoms with van der Waals surface area (Å²) in [5, 5.41) is 3.10. The summed E-state index contributed by atoms with van der Waals surface area (Å²) in [6.07, 6.45) is 0.148. The lowest BCUT2D eigenvalue weighted by atomic mass is 10.2. The fourth-order valence-electron chi connectivity index (χ4n) is 3.10. The van der Waals surface area contributed by atoms with E-state index in [1.807, 2.05) is 62.4 Å². The van der Waals surface area contributed by atoms with Crippen LogP contribution in [0, 0.1) is 0 Å². The number of halogens is 1. The lowest BCUT2D eigenvalue weighted by molar-refractivity contribution is 0.0322. The summed E-state index contributed by atoms with van der Waals surface area (Å²) in [7, 11) is 0. The summed E-state index contributed by atoms with van der Waals surface area (Å²) in [4.78, 5) is 6.78. The van der Waals surface area contributed by atoms with Gasteiger partial charge in [0.05, 0.1) is 25.9 Å². The molecule has 1 aliphatic heterocycles. The summed E-state index contributed by atoms with van der Waals surface area (Å²) < 4.78 is 16.9. The molecule has 0 saturated carbocycles. The third-order valence-electron chi connectivity index (χ3n) is 4.61. The van der Waals surface area contributed by atoms with E-state index in [1.54, 1.807) is 0 Å². The second-order valence-electron chi connectivity index (χ2n) is 7.47. The Morgan fingerprint density at radius 1 is 1.13 bits per heavy atom. The number of anilines is 1. The highest BCUT2D eigenvalue weighted by Gasteiger charge is 2.09. The van der Waals surface area contributed by atoms with E-state index in [1.165, 1.54) is 0 Å². The molecule has 170 valence electrons. The smallest absolute Gasteiger partial charge is 0.193 e. The van der Waals surface area contributed by atoms with Crippen molar-refractivity contribution in [3.8, 4) is 11.5 Å². The van der Waals surface area contributed by atoms with E-state index in [4.69, 9.17) is 19.9 Å². The molecule has 2 aromatic carbocycles. The van der Waals surface area contributed by atoms with Crippen LogP contribution in [0.3, 0.4) is 0 Å². The van der Waals surface area contributed by atoms with Crippen molar-refractivity contribution in [2.24, 2.45) is 10.7 Å². The second kappa shape index (κ2) is 13.4. The number of nitrogens with one attached hydrogen (secondary N) is 1. The molecule has 1 heterocycles. The highest BCUT2D eigenvalue weighted by atomic mass is 127. The quantitative estimate of drug-likeness (QED) is 0.287. The lowest BCUT2D eigenvalue weighted by Crippen LogP contribution is -2.38. The Kier molecular flexibility index (Phi) is 10.9. The zero-order chi connectivity index (χ0) is 21.2. The largest absolute Gasteiger partial charge is 0.492 e. The average molecular weight is 540 g/mol. The topological polar surface area (TPSA) is 81.3 Å². The summed E-state index contributed by atoms with van der Waals surface area (Å²) in [5.74, 6) is 2.05. The molecule has 31 heavy (non-hydrogen) atoms. The van der Waals surface area contributed by atoms with Crippen molar-refractivity contribution in [1.29, 1.82) is 0 Å². The Hall–Kier alpha value is -2.04. The highest BCUT2D eigenvalue weighted by Crippen LogP contribution is 2.17. The summed E-state index contributed by atoms with van der Waals surface area (Å²) in [5.41, 5.74) is 7.95. The van der Waals surface area contributed by atoms with Gasteiger partial charge in [-0.15, -0.1) is 24.0 Å². The second-order valence-corrected chi connectivity index (χ2v) is 7.47. The molecular formula is C23H33IN4O3. The predicted molar refractivity (Wildman–Crippen MR) is 136 cm³/mol.